The Bertz CT molecular complexity index is 969. The highest BCUT2D eigenvalue weighted by Gasteiger charge is 2.21. The van der Waals surface area contributed by atoms with Gasteiger partial charge in [0.25, 0.3) is 0 Å². The van der Waals surface area contributed by atoms with Crippen LogP contribution in [0.15, 0.2) is 86.0 Å². The molecule has 38 heavy (non-hydrogen) atoms. The molecular formula is C30H40N2O6. The van der Waals surface area contributed by atoms with Gasteiger partial charge >= 0.3 is 12.2 Å². The van der Waals surface area contributed by atoms with Crippen molar-refractivity contribution in [2.24, 2.45) is 0 Å². The first-order chi connectivity index (χ1) is 18.4. The number of hydrogen-bond acceptors (Lipinski definition) is 6. The Morgan fingerprint density at radius 3 is 2.16 bits per heavy atom. The number of carbonyl (C=O) groups is 2. The first kappa shape index (κ1) is 30.6. The molecule has 2 amide bonds. The molecule has 1 aliphatic heterocycles. The number of carbonyl (C=O) groups excluding carboxylic acids is 2. The van der Waals surface area contributed by atoms with E-state index in [4.69, 9.17) is 9.47 Å². The largest absolute Gasteiger partial charge is 0.445 e. The maximum Gasteiger partial charge on any atom is 0.410 e. The van der Waals surface area contributed by atoms with Crippen LogP contribution in [0.4, 0.5) is 9.59 Å². The van der Waals surface area contributed by atoms with Gasteiger partial charge in [-0.3, -0.25) is 0 Å². The van der Waals surface area contributed by atoms with E-state index in [0.717, 1.165) is 30.4 Å². The molecule has 2 aromatic carbocycles. The van der Waals surface area contributed by atoms with Gasteiger partial charge < -0.3 is 29.5 Å². The summed E-state index contributed by atoms with van der Waals surface area (Å²) in [5.74, 6) is 0. The summed E-state index contributed by atoms with van der Waals surface area (Å²) < 4.78 is 10.5. The van der Waals surface area contributed by atoms with Crippen LogP contribution in [0.25, 0.3) is 0 Å². The highest BCUT2D eigenvalue weighted by molar-refractivity contribution is 5.68. The van der Waals surface area contributed by atoms with E-state index in [1.165, 1.54) is 4.90 Å². The van der Waals surface area contributed by atoms with Gasteiger partial charge in [-0.05, 0) is 36.8 Å². The van der Waals surface area contributed by atoms with E-state index in [1.807, 2.05) is 60.7 Å². The van der Waals surface area contributed by atoms with Crippen LogP contribution >= 0.6 is 0 Å². The lowest BCUT2D eigenvalue weighted by Gasteiger charge is -2.23. The van der Waals surface area contributed by atoms with Gasteiger partial charge in [-0.2, -0.15) is 0 Å². The zero-order chi connectivity index (χ0) is 27.6. The number of hydrogen-bond donors (Lipinski definition) is 2. The fourth-order valence-corrected chi connectivity index (χ4v) is 3.81. The number of aliphatic hydroxyl groups is 2. The molecule has 2 atom stereocenters. The summed E-state index contributed by atoms with van der Waals surface area (Å²) in [7, 11) is 0. The molecule has 0 radical (unpaired) electrons. The third kappa shape index (κ3) is 12.1. The Morgan fingerprint density at radius 2 is 1.58 bits per heavy atom. The molecule has 0 aliphatic carbocycles. The number of aliphatic hydroxyl groups excluding tert-OH is 2. The summed E-state index contributed by atoms with van der Waals surface area (Å²) in [4.78, 5) is 26.8. The van der Waals surface area contributed by atoms with Crippen LogP contribution in [0.3, 0.4) is 0 Å². The van der Waals surface area contributed by atoms with E-state index in [-0.39, 0.29) is 25.9 Å². The molecule has 0 aromatic heterocycles. The van der Waals surface area contributed by atoms with Crippen LogP contribution < -0.4 is 0 Å². The Kier molecular flexibility index (Phi) is 14.3. The van der Waals surface area contributed by atoms with E-state index in [1.54, 1.807) is 17.1 Å². The van der Waals surface area contributed by atoms with Crippen molar-refractivity contribution in [2.45, 2.75) is 51.1 Å². The van der Waals surface area contributed by atoms with Gasteiger partial charge in [0.15, 0.2) is 0 Å². The fourth-order valence-electron chi connectivity index (χ4n) is 3.81. The minimum Gasteiger partial charge on any atom is -0.445 e. The lowest BCUT2D eigenvalue weighted by atomic mass is 10.2. The summed E-state index contributed by atoms with van der Waals surface area (Å²) in [6.45, 7) is 9.25. The lowest BCUT2D eigenvalue weighted by molar-refractivity contribution is 0.0740. The molecular weight excluding hydrogens is 484 g/mol. The van der Waals surface area contributed by atoms with E-state index in [2.05, 4.69) is 13.2 Å². The molecule has 3 rings (SSSR count). The standard InChI is InChI=1S/C16H21NO3.C14H19NO3/c1-3-8-15(18)12-17(11-4-2)16(19)20-13-14-9-6-5-7-10-14;16-13-8-4-5-9-15(10-13)14(17)18-11-12-6-2-1-3-7-12/h3-7,9-10,15,18H,1-2,8,11-13H2;1-3,6-7,13,16H,4-5,8-11H2. The molecule has 1 fully saturated rings. The molecule has 2 unspecified atom stereocenters. The van der Waals surface area contributed by atoms with Crippen molar-refractivity contribution in [3.8, 4) is 0 Å². The van der Waals surface area contributed by atoms with E-state index < -0.39 is 18.3 Å². The number of amides is 2. The Morgan fingerprint density at radius 1 is 0.974 bits per heavy atom. The lowest BCUT2D eigenvalue weighted by Crippen LogP contribution is -2.37. The molecule has 2 N–H and O–H groups in total. The third-order valence-corrected chi connectivity index (χ3v) is 5.79. The second kappa shape index (κ2) is 17.8. The number of benzene rings is 2. The van der Waals surface area contributed by atoms with Crippen molar-refractivity contribution >= 4 is 12.2 Å². The monoisotopic (exact) mass is 524 g/mol. The summed E-state index contributed by atoms with van der Waals surface area (Å²) >= 11 is 0. The highest BCUT2D eigenvalue weighted by Crippen LogP contribution is 2.12. The number of nitrogens with zero attached hydrogens (tertiary/aromatic N) is 2. The minimum absolute atomic E-state index is 0.200. The number of rotatable bonds is 10. The first-order valence-corrected chi connectivity index (χ1v) is 12.9. The van der Waals surface area contributed by atoms with E-state index in [0.29, 0.717) is 26.1 Å². The van der Waals surface area contributed by atoms with Crippen molar-refractivity contribution in [1.29, 1.82) is 0 Å². The number of likely N-dealkylation sites (tertiary alicyclic amines) is 1. The molecule has 0 saturated carbocycles. The van der Waals surface area contributed by atoms with Gasteiger partial charge in [-0.25, -0.2) is 9.59 Å². The normalized spacial score (nSPS) is 15.6. The van der Waals surface area contributed by atoms with E-state index in [9.17, 15) is 19.8 Å². The van der Waals surface area contributed by atoms with Gasteiger partial charge in [0.1, 0.15) is 13.2 Å². The molecule has 206 valence electrons. The molecule has 1 aliphatic rings. The zero-order valence-corrected chi connectivity index (χ0v) is 22.0. The molecule has 1 heterocycles. The Labute approximate surface area is 225 Å². The third-order valence-electron chi connectivity index (χ3n) is 5.79. The average molecular weight is 525 g/mol. The molecule has 1 saturated heterocycles. The number of ether oxygens (including phenoxy) is 2. The summed E-state index contributed by atoms with van der Waals surface area (Å²) in [6, 6.07) is 19.1. The maximum atomic E-state index is 12.0. The van der Waals surface area contributed by atoms with Crippen LogP contribution in [0.5, 0.6) is 0 Å². The second-order valence-corrected chi connectivity index (χ2v) is 9.05. The van der Waals surface area contributed by atoms with Gasteiger partial charge in [0, 0.05) is 19.6 Å². The van der Waals surface area contributed by atoms with Crippen LogP contribution in [-0.4, -0.2) is 70.6 Å². The summed E-state index contributed by atoms with van der Waals surface area (Å²) in [5, 5.41) is 19.4. The molecule has 8 heteroatoms. The van der Waals surface area contributed by atoms with Crippen molar-refractivity contribution in [3.05, 3.63) is 97.1 Å². The Balaban J connectivity index is 0.000000268. The summed E-state index contributed by atoms with van der Waals surface area (Å²) in [6.07, 6.45) is 4.45. The van der Waals surface area contributed by atoms with Crippen LogP contribution in [0.2, 0.25) is 0 Å². The SMILES string of the molecule is C=CCC(O)CN(CC=C)C(=O)OCc1ccccc1.O=C(OCc1ccccc1)N1CCCCC(O)C1. The predicted molar refractivity (Wildman–Crippen MR) is 147 cm³/mol. The zero-order valence-electron chi connectivity index (χ0n) is 22.0. The van der Waals surface area contributed by atoms with Crippen LogP contribution in [-0.2, 0) is 22.7 Å². The van der Waals surface area contributed by atoms with Crippen molar-refractivity contribution in [1.82, 2.24) is 9.80 Å². The average Bonchev–Trinajstić information content (AvgIpc) is 3.16. The van der Waals surface area contributed by atoms with Crippen LogP contribution in [0.1, 0.15) is 36.8 Å². The van der Waals surface area contributed by atoms with E-state index >= 15 is 0 Å². The van der Waals surface area contributed by atoms with Crippen molar-refractivity contribution in [3.63, 3.8) is 0 Å². The predicted octanol–water partition coefficient (Wildman–Crippen LogP) is 4.92. The van der Waals surface area contributed by atoms with Crippen molar-refractivity contribution in [2.75, 3.05) is 26.2 Å². The second-order valence-electron chi connectivity index (χ2n) is 9.05. The van der Waals surface area contributed by atoms with Gasteiger partial charge in [-0.1, -0.05) is 72.8 Å². The number of β-amino-alcohol motifs (C(OH)–C–C–N with tert-alkyl or cyclic N) is 1. The summed E-state index contributed by atoms with van der Waals surface area (Å²) in [5.41, 5.74) is 1.90. The van der Waals surface area contributed by atoms with Gasteiger partial charge in [-0.15, -0.1) is 13.2 Å². The molecule has 8 nitrogen and oxygen atoms in total. The highest BCUT2D eigenvalue weighted by atomic mass is 16.6. The first-order valence-electron chi connectivity index (χ1n) is 12.9. The molecule has 2 aromatic rings. The Hall–Kier alpha value is -3.62. The minimum atomic E-state index is -0.642. The topological polar surface area (TPSA) is 99.5 Å². The van der Waals surface area contributed by atoms with Gasteiger partial charge in [0.05, 0.1) is 18.8 Å². The molecule has 0 bridgehead atoms. The van der Waals surface area contributed by atoms with Crippen molar-refractivity contribution < 1.29 is 29.3 Å². The fraction of sp³-hybridized carbons (Fsp3) is 0.400. The smallest absolute Gasteiger partial charge is 0.410 e. The maximum absolute atomic E-state index is 12.0. The molecule has 0 spiro atoms. The quantitative estimate of drug-likeness (QED) is 0.428. The van der Waals surface area contributed by atoms with Crippen LogP contribution in [0, 0.1) is 0 Å². The van der Waals surface area contributed by atoms with Gasteiger partial charge in [0.2, 0.25) is 0 Å².